The molecule has 1 amide bonds. The highest BCUT2D eigenvalue weighted by Crippen LogP contribution is 2.33. The summed E-state index contributed by atoms with van der Waals surface area (Å²) >= 11 is 8.09. The van der Waals surface area contributed by atoms with Crippen molar-refractivity contribution in [3.8, 4) is 10.4 Å². The van der Waals surface area contributed by atoms with Gasteiger partial charge in [-0.2, -0.15) is 0 Å². The van der Waals surface area contributed by atoms with Crippen molar-refractivity contribution in [1.29, 1.82) is 0 Å². The molecule has 0 aliphatic carbocycles. The number of carbonyl (C=O) groups is 1. The zero-order chi connectivity index (χ0) is 22.0. The summed E-state index contributed by atoms with van der Waals surface area (Å²) in [5.41, 5.74) is 1.07. The van der Waals surface area contributed by atoms with Crippen LogP contribution in [-0.2, 0) is 21.4 Å². The fraction of sp³-hybridized carbons (Fsp3) is 0.500. The van der Waals surface area contributed by atoms with E-state index in [0.29, 0.717) is 25.9 Å². The SMILES string of the molecule is CS(=O)(=O)N1CCC(C(=O)N2CCN(Cc3ccc(-c4ccccc4Cl)s3)CC2)CC1. The summed E-state index contributed by atoms with van der Waals surface area (Å²) < 4.78 is 24.8. The van der Waals surface area contributed by atoms with Gasteiger partial charge in [-0.25, -0.2) is 12.7 Å². The van der Waals surface area contributed by atoms with Crippen LogP contribution in [0.5, 0.6) is 0 Å². The van der Waals surface area contributed by atoms with Gasteiger partial charge >= 0.3 is 0 Å². The average molecular weight is 482 g/mol. The number of nitrogens with zero attached hydrogens (tertiary/aromatic N) is 3. The molecule has 168 valence electrons. The quantitative estimate of drug-likeness (QED) is 0.656. The molecule has 31 heavy (non-hydrogen) atoms. The van der Waals surface area contributed by atoms with Crippen molar-refractivity contribution < 1.29 is 13.2 Å². The van der Waals surface area contributed by atoms with Crippen molar-refractivity contribution in [1.82, 2.24) is 14.1 Å². The highest BCUT2D eigenvalue weighted by molar-refractivity contribution is 7.88. The molecule has 1 aromatic carbocycles. The Hall–Kier alpha value is -1.45. The van der Waals surface area contributed by atoms with Crippen molar-refractivity contribution >= 4 is 38.9 Å². The Kier molecular flexibility index (Phi) is 7.03. The number of hydrogen-bond donors (Lipinski definition) is 0. The first-order valence-electron chi connectivity index (χ1n) is 10.6. The molecule has 0 saturated carbocycles. The minimum atomic E-state index is -3.16. The molecule has 0 spiro atoms. The van der Waals surface area contributed by atoms with Crippen molar-refractivity contribution in [3.63, 3.8) is 0 Å². The lowest BCUT2D eigenvalue weighted by Crippen LogP contribution is -2.51. The molecular formula is C22H28ClN3O3S2. The second-order valence-electron chi connectivity index (χ2n) is 8.28. The molecule has 2 saturated heterocycles. The summed E-state index contributed by atoms with van der Waals surface area (Å²) in [5.74, 6) is 0.130. The molecular weight excluding hydrogens is 454 g/mol. The van der Waals surface area contributed by atoms with Crippen LogP contribution in [0, 0.1) is 5.92 Å². The predicted octanol–water partition coefficient (Wildman–Crippen LogP) is 3.38. The Morgan fingerprint density at radius 3 is 2.35 bits per heavy atom. The van der Waals surface area contributed by atoms with Gasteiger partial charge in [0.1, 0.15) is 0 Å². The van der Waals surface area contributed by atoms with Crippen LogP contribution in [0.15, 0.2) is 36.4 Å². The van der Waals surface area contributed by atoms with E-state index >= 15 is 0 Å². The smallest absolute Gasteiger partial charge is 0.225 e. The fourth-order valence-electron chi connectivity index (χ4n) is 4.31. The van der Waals surface area contributed by atoms with Gasteiger partial charge in [-0.15, -0.1) is 11.3 Å². The molecule has 0 unspecified atom stereocenters. The summed E-state index contributed by atoms with van der Waals surface area (Å²) in [6.45, 7) is 4.94. The largest absolute Gasteiger partial charge is 0.340 e. The zero-order valence-corrected chi connectivity index (χ0v) is 20.1. The molecule has 9 heteroatoms. The van der Waals surface area contributed by atoms with E-state index < -0.39 is 10.0 Å². The van der Waals surface area contributed by atoms with Crippen molar-refractivity contribution in [2.24, 2.45) is 5.92 Å². The van der Waals surface area contributed by atoms with E-state index in [4.69, 9.17) is 11.6 Å². The van der Waals surface area contributed by atoms with Gasteiger partial charge in [0.15, 0.2) is 0 Å². The number of piperidine rings is 1. The standard InChI is InChI=1S/C22H28ClN3O3S2/c1-31(28,29)26-10-8-17(9-11-26)22(27)25-14-12-24(13-15-25)16-18-6-7-21(30-18)19-4-2-3-5-20(19)23/h2-7,17H,8-16H2,1H3. The Bertz CT molecular complexity index is 1020. The predicted molar refractivity (Wildman–Crippen MR) is 126 cm³/mol. The first-order valence-corrected chi connectivity index (χ1v) is 13.7. The lowest BCUT2D eigenvalue weighted by molar-refractivity contribution is -0.138. The molecule has 0 radical (unpaired) electrons. The third-order valence-electron chi connectivity index (χ3n) is 6.14. The van der Waals surface area contributed by atoms with Crippen LogP contribution in [0.25, 0.3) is 10.4 Å². The van der Waals surface area contributed by atoms with Gasteiger partial charge < -0.3 is 4.90 Å². The van der Waals surface area contributed by atoms with Crippen LogP contribution in [0.1, 0.15) is 17.7 Å². The van der Waals surface area contributed by atoms with Gasteiger partial charge in [0.25, 0.3) is 0 Å². The number of hydrogen-bond acceptors (Lipinski definition) is 5. The minimum absolute atomic E-state index is 0.0555. The van der Waals surface area contributed by atoms with Crippen molar-refractivity contribution in [2.45, 2.75) is 19.4 Å². The topological polar surface area (TPSA) is 60.9 Å². The molecule has 2 fully saturated rings. The zero-order valence-electron chi connectivity index (χ0n) is 17.7. The molecule has 3 heterocycles. The maximum atomic E-state index is 12.9. The van der Waals surface area contributed by atoms with E-state index in [1.807, 2.05) is 29.2 Å². The lowest BCUT2D eigenvalue weighted by Gasteiger charge is -2.38. The van der Waals surface area contributed by atoms with Crippen LogP contribution < -0.4 is 0 Å². The number of piperazine rings is 1. The summed E-state index contributed by atoms with van der Waals surface area (Å²) in [4.78, 5) is 19.7. The number of thiophene rings is 1. The first-order chi connectivity index (χ1) is 14.8. The maximum absolute atomic E-state index is 12.9. The van der Waals surface area contributed by atoms with Crippen molar-refractivity contribution in [3.05, 3.63) is 46.3 Å². The van der Waals surface area contributed by atoms with Crippen LogP contribution in [0.4, 0.5) is 0 Å². The van der Waals surface area contributed by atoms with E-state index in [1.165, 1.54) is 20.3 Å². The molecule has 0 bridgehead atoms. The molecule has 0 atom stereocenters. The van der Waals surface area contributed by atoms with Crippen LogP contribution >= 0.6 is 22.9 Å². The number of halogens is 1. The summed E-state index contributed by atoms with van der Waals surface area (Å²) in [6, 6.07) is 12.2. The molecule has 1 aromatic heterocycles. The van der Waals surface area contributed by atoms with Gasteiger partial charge in [-0.1, -0.05) is 29.8 Å². The average Bonchev–Trinajstić information content (AvgIpc) is 3.22. The van der Waals surface area contributed by atoms with Gasteiger partial charge in [0, 0.05) is 72.1 Å². The van der Waals surface area contributed by atoms with Gasteiger partial charge in [-0.3, -0.25) is 9.69 Å². The summed E-state index contributed by atoms with van der Waals surface area (Å²) in [5, 5.41) is 0.769. The molecule has 2 aliphatic heterocycles. The maximum Gasteiger partial charge on any atom is 0.225 e. The number of benzene rings is 1. The van der Waals surface area contributed by atoms with E-state index in [0.717, 1.165) is 43.3 Å². The van der Waals surface area contributed by atoms with Crippen molar-refractivity contribution in [2.75, 3.05) is 45.5 Å². The number of amides is 1. The summed E-state index contributed by atoms with van der Waals surface area (Å²) in [6.07, 6.45) is 2.47. The lowest BCUT2D eigenvalue weighted by atomic mass is 9.96. The monoisotopic (exact) mass is 481 g/mol. The van der Waals surface area contributed by atoms with E-state index in [1.54, 1.807) is 11.3 Å². The normalized spacial score (nSPS) is 19.6. The third kappa shape index (κ3) is 5.49. The Morgan fingerprint density at radius 2 is 1.71 bits per heavy atom. The molecule has 2 aliphatic rings. The summed E-state index contributed by atoms with van der Waals surface area (Å²) in [7, 11) is -3.16. The molecule has 2 aromatic rings. The molecule has 6 nitrogen and oxygen atoms in total. The number of rotatable bonds is 5. The van der Waals surface area contributed by atoms with E-state index in [2.05, 4.69) is 17.0 Å². The highest BCUT2D eigenvalue weighted by atomic mass is 35.5. The fourth-order valence-corrected chi connectivity index (χ4v) is 6.57. The van der Waals surface area contributed by atoms with Crippen LogP contribution in [-0.4, -0.2) is 74.0 Å². The van der Waals surface area contributed by atoms with Gasteiger partial charge in [0.05, 0.1) is 6.26 Å². The van der Waals surface area contributed by atoms with Crippen LogP contribution in [0.2, 0.25) is 5.02 Å². The molecule has 4 rings (SSSR count). The minimum Gasteiger partial charge on any atom is -0.340 e. The number of sulfonamides is 1. The molecule has 0 N–H and O–H groups in total. The Balaban J connectivity index is 1.27. The second kappa shape index (κ2) is 9.58. The van der Waals surface area contributed by atoms with Gasteiger partial charge in [-0.05, 0) is 31.0 Å². The van der Waals surface area contributed by atoms with Crippen LogP contribution in [0.3, 0.4) is 0 Å². The third-order valence-corrected chi connectivity index (χ3v) is 8.87. The van der Waals surface area contributed by atoms with E-state index in [9.17, 15) is 13.2 Å². The Labute approximate surface area is 193 Å². The second-order valence-corrected chi connectivity index (χ2v) is 11.8. The van der Waals surface area contributed by atoms with E-state index in [-0.39, 0.29) is 11.8 Å². The highest BCUT2D eigenvalue weighted by Gasteiger charge is 2.32. The first kappa shape index (κ1) is 22.7. The van der Waals surface area contributed by atoms with Gasteiger partial charge in [0.2, 0.25) is 15.9 Å². The number of carbonyl (C=O) groups excluding carboxylic acids is 1. The Morgan fingerprint density at radius 1 is 1.03 bits per heavy atom.